The van der Waals surface area contributed by atoms with Crippen molar-refractivity contribution in [2.24, 2.45) is 0 Å². The SMILES string of the molecule is C1C[NH+]2CC[NH+]1CC2.[O-][Cl+3]([O-])([O-])[O-].[O-][Cl+3]([O-])([O-])[O-]. The maximum absolute atomic E-state index is 8.49. The summed E-state index contributed by atoms with van der Waals surface area (Å²) in [6.07, 6.45) is 0. The Bertz CT molecular complexity index is 178. The molecule has 0 radical (unpaired) electrons. The lowest BCUT2D eigenvalue weighted by Crippen LogP contribution is -3.35. The maximum Gasteiger partial charge on any atom is 0.127 e. The molecule has 3 fully saturated rings. The third kappa shape index (κ3) is 16.2. The van der Waals surface area contributed by atoms with Crippen LogP contribution in [0.4, 0.5) is 0 Å². The minimum absolute atomic E-state index is 1.44. The van der Waals surface area contributed by atoms with Crippen LogP contribution in [0.2, 0.25) is 0 Å². The summed E-state index contributed by atoms with van der Waals surface area (Å²) < 4.78 is 67.9. The highest BCUT2D eigenvalue weighted by Crippen LogP contribution is 1.64. The molecule has 2 bridgehead atoms. The van der Waals surface area contributed by atoms with E-state index in [2.05, 4.69) is 0 Å². The number of halogens is 2. The summed E-state index contributed by atoms with van der Waals surface area (Å²) >= 11 is 0. The molecule has 0 unspecified atom stereocenters. The normalized spacial score (nSPS) is 26.7. The molecule has 0 aromatic carbocycles. The number of hydrogen-bond donors (Lipinski definition) is 2. The van der Waals surface area contributed by atoms with Crippen molar-refractivity contribution < 1.29 is 67.6 Å². The molecule has 0 aromatic rings. The van der Waals surface area contributed by atoms with Crippen molar-refractivity contribution >= 4 is 0 Å². The van der Waals surface area contributed by atoms with E-state index in [4.69, 9.17) is 37.3 Å². The van der Waals surface area contributed by atoms with E-state index in [-0.39, 0.29) is 0 Å². The van der Waals surface area contributed by atoms with Gasteiger partial charge in [-0.05, 0) is 0 Å². The van der Waals surface area contributed by atoms with E-state index < -0.39 is 20.5 Å². The lowest BCUT2D eigenvalue weighted by atomic mass is 10.2. The van der Waals surface area contributed by atoms with E-state index in [9.17, 15) is 0 Å². The van der Waals surface area contributed by atoms with Crippen LogP contribution in [0.25, 0.3) is 0 Å². The Labute approximate surface area is 107 Å². The van der Waals surface area contributed by atoms with Crippen molar-refractivity contribution in [3.63, 3.8) is 0 Å². The first kappa shape index (κ1) is 18.2. The van der Waals surface area contributed by atoms with Gasteiger partial charge in [0.25, 0.3) is 0 Å². The number of quaternary nitrogens is 2. The summed E-state index contributed by atoms with van der Waals surface area (Å²) in [5.74, 6) is 0. The topological polar surface area (TPSA) is 193 Å². The van der Waals surface area contributed by atoms with Gasteiger partial charge in [0.2, 0.25) is 0 Å². The van der Waals surface area contributed by atoms with E-state index in [1.807, 2.05) is 9.80 Å². The van der Waals surface area contributed by atoms with E-state index in [0.29, 0.717) is 0 Å². The van der Waals surface area contributed by atoms with Crippen LogP contribution >= 0.6 is 0 Å². The van der Waals surface area contributed by atoms with Gasteiger partial charge in [-0.15, -0.1) is 20.5 Å². The minimum atomic E-state index is -4.94. The first-order chi connectivity index (χ1) is 7.95. The second kappa shape index (κ2) is 7.69. The monoisotopic (exact) mass is 312 g/mol. The largest absolute Gasteiger partial charge is 0.321 e. The molecule has 110 valence electrons. The molecule has 2 N–H and O–H groups in total. The molecule has 3 rings (SSSR count). The Morgan fingerprint density at radius 1 is 0.444 bits per heavy atom. The lowest BCUT2D eigenvalue weighted by molar-refractivity contribution is -2.00. The Balaban J connectivity index is 0.000000258. The smallest absolute Gasteiger partial charge is 0.127 e. The van der Waals surface area contributed by atoms with Crippen molar-refractivity contribution in [1.82, 2.24) is 0 Å². The number of fused-ring (bicyclic) bond motifs is 3. The molecule has 0 atom stereocenters. The van der Waals surface area contributed by atoms with Crippen molar-refractivity contribution in [2.75, 3.05) is 39.3 Å². The summed E-state index contributed by atoms with van der Waals surface area (Å²) in [4.78, 5) is 3.69. The van der Waals surface area contributed by atoms with Crippen LogP contribution in [0, 0.1) is 20.5 Å². The number of nitrogens with one attached hydrogen (secondary N) is 2. The van der Waals surface area contributed by atoms with Gasteiger partial charge in [-0.3, -0.25) is 0 Å². The van der Waals surface area contributed by atoms with Gasteiger partial charge in [0, 0.05) is 0 Å². The average molecular weight is 313 g/mol. The molecular formula is C6H14Cl2N2O8. The third-order valence-electron chi connectivity index (χ3n) is 2.50. The Hall–Kier alpha value is 0.180. The van der Waals surface area contributed by atoms with Crippen LogP contribution in [-0.4, -0.2) is 39.3 Å². The van der Waals surface area contributed by atoms with E-state index >= 15 is 0 Å². The van der Waals surface area contributed by atoms with Gasteiger partial charge in [0.15, 0.2) is 0 Å². The molecule has 18 heavy (non-hydrogen) atoms. The van der Waals surface area contributed by atoms with Crippen molar-refractivity contribution in [3.8, 4) is 0 Å². The highest BCUT2D eigenvalue weighted by Gasteiger charge is 2.29. The average Bonchev–Trinajstić information content (AvgIpc) is 2.15. The fourth-order valence-corrected chi connectivity index (χ4v) is 1.81. The fourth-order valence-electron chi connectivity index (χ4n) is 1.81. The molecule has 3 aliphatic rings. The van der Waals surface area contributed by atoms with Crippen LogP contribution in [-0.2, 0) is 0 Å². The van der Waals surface area contributed by atoms with Crippen LogP contribution in [0.1, 0.15) is 0 Å². The number of rotatable bonds is 0. The third-order valence-corrected chi connectivity index (χ3v) is 2.50. The zero-order chi connectivity index (χ0) is 14.4. The molecular weight excluding hydrogens is 299 g/mol. The lowest BCUT2D eigenvalue weighted by Gasteiger charge is -2.35. The summed E-state index contributed by atoms with van der Waals surface area (Å²) in [5.41, 5.74) is 0. The number of piperazine rings is 3. The molecule has 0 spiro atoms. The number of hydrogen-bond acceptors (Lipinski definition) is 8. The highest BCUT2D eigenvalue weighted by molar-refractivity contribution is 4.43. The molecule has 3 heterocycles. The standard InChI is InChI=1S/C6H12N2.2ClHO4/c1-2-8-5-3-7(1)4-6-8;2*2-1(3,4)5/h1-6H2;2*(H,2,3,4,5). The van der Waals surface area contributed by atoms with Crippen LogP contribution in [0.15, 0.2) is 0 Å². The van der Waals surface area contributed by atoms with E-state index in [1.165, 1.54) is 39.3 Å². The zero-order valence-electron chi connectivity index (χ0n) is 9.26. The van der Waals surface area contributed by atoms with Gasteiger partial charge < -0.3 is 9.80 Å². The summed E-state index contributed by atoms with van der Waals surface area (Å²) in [5, 5.41) is 0. The Morgan fingerprint density at radius 3 is 0.611 bits per heavy atom. The van der Waals surface area contributed by atoms with E-state index in [1.54, 1.807) is 0 Å². The van der Waals surface area contributed by atoms with Gasteiger partial charge >= 0.3 is 0 Å². The van der Waals surface area contributed by atoms with Gasteiger partial charge in [0.1, 0.15) is 39.3 Å². The summed E-state index contributed by atoms with van der Waals surface area (Å²) in [6, 6.07) is 0. The molecule has 0 amide bonds. The van der Waals surface area contributed by atoms with Crippen molar-refractivity contribution in [1.29, 1.82) is 0 Å². The van der Waals surface area contributed by atoms with Crippen LogP contribution in [0.5, 0.6) is 0 Å². The predicted molar refractivity (Wildman–Crippen MR) is 31.1 cm³/mol. The predicted octanol–water partition coefficient (Wildman–Crippen LogP) is -12.7. The second-order valence-corrected chi connectivity index (χ2v) is 5.27. The van der Waals surface area contributed by atoms with Gasteiger partial charge in [0.05, 0.1) is 0 Å². The molecule has 0 aliphatic carbocycles. The Morgan fingerprint density at radius 2 is 0.556 bits per heavy atom. The van der Waals surface area contributed by atoms with Crippen LogP contribution < -0.4 is 47.1 Å². The first-order valence-electron chi connectivity index (χ1n) is 4.86. The quantitative estimate of drug-likeness (QED) is 0.439. The fraction of sp³-hybridized carbons (Fsp3) is 1.00. The molecule has 3 saturated heterocycles. The molecule has 10 nitrogen and oxygen atoms in total. The van der Waals surface area contributed by atoms with Crippen LogP contribution in [0.3, 0.4) is 0 Å². The Kier molecular flexibility index (Phi) is 7.77. The molecule has 12 heteroatoms. The molecule has 0 aromatic heterocycles. The maximum atomic E-state index is 8.49. The van der Waals surface area contributed by atoms with Gasteiger partial charge in [-0.2, -0.15) is 0 Å². The van der Waals surface area contributed by atoms with Crippen molar-refractivity contribution in [3.05, 3.63) is 0 Å². The van der Waals surface area contributed by atoms with E-state index in [0.717, 1.165) is 0 Å². The first-order valence-corrected chi connectivity index (χ1v) is 7.32. The summed E-state index contributed by atoms with van der Waals surface area (Å²) in [6.45, 7) is 8.64. The second-order valence-electron chi connectivity index (χ2n) is 3.76. The molecule has 0 saturated carbocycles. The van der Waals surface area contributed by atoms with Crippen molar-refractivity contribution in [2.45, 2.75) is 0 Å². The van der Waals surface area contributed by atoms with Gasteiger partial charge in [-0.1, -0.05) is 0 Å². The zero-order valence-corrected chi connectivity index (χ0v) is 10.8. The van der Waals surface area contributed by atoms with Gasteiger partial charge in [-0.25, -0.2) is 37.3 Å². The highest BCUT2D eigenvalue weighted by atomic mass is 35.7. The summed E-state index contributed by atoms with van der Waals surface area (Å²) in [7, 11) is -9.89. The molecule has 3 aliphatic heterocycles. The minimum Gasteiger partial charge on any atom is -0.321 e.